The van der Waals surface area contributed by atoms with Crippen molar-refractivity contribution in [3.63, 3.8) is 0 Å². The summed E-state index contributed by atoms with van der Waals surface area (Å²) < 4.78 is 10.5. The maximum Gasteiger partial charge on any atom is 0.212 e. The third-order valence-corrected chi connectivity index (χ3v) is 6.26. The normalized spacial score (nSPS) is 13.7. The van der Waals surface area contributed by atoms with Crippen LogP contribution in [0.5, 0.6) is 5.75 Å². The van der Waals surface area contributed by atoms with Crippen LogP contribution in [0.4, 0.5) is 0 Å². The van der Waals surface area contributed by atoms with E-state index in [0.29, 0.717) is 12.2 Å². The summed E-state index contributed by atoms with van der Waals surface area (Å²) in [5, 5.41) is 22.5. The van der Waals surface area contributed by atoms with E-state index in [0.717, 1.165) is 22.4 Å². The Morgan fingerprint density at radius 3 is 2.00 bits per heavy atom. The minimum absolute atomic E-state index is 0.199. The number of amidine groups is 1. The van der Waals surface area contributed by atoms with Crippen LogP contribution in [0.15, 0.2) is 102 Å². The molecule has 0 radical (unpaired) electrons. The molecule has 3 aromatic carbocycles. The van der Waals surface area contributed by atoms with Gasteiger partial charge < -0.3 is 29.9 Å². The first-order chi connectivity index (χ1) is 18.5. The van der Waals surface area contributed by atoms with Gasteiger partial charge in [-0.05, 0) is 34.9 Å². The second-order valence-electron chi connectivity index (χ2n) is 8.71. The number of nitrogens with one attached hydrogen (secondary N) is 1. The van der Waals surface area contributed by atoms with Crippen LogP contribution in [0.2, 0.25) is 0 Å². The molecule has 1 unspecified atom stereocenters. The van der Waals surface area contributed by atoms with E-state index in [2.05, 4.69) is 5.32 Å². The number of rotatable bonds is 13. The zero-order valence-electron chi connectivity index (χ0n) is 21.9. The SMILES string of the molecule is COc1ccc(C(N=C(/C=C\N(C)C[C@H](O)C(CO)OC)NC=O)(c2ccccc2)c2ccccc2)cc1. The first-order valence-electron chi connectivity index (χ1n) is 12.2. The van der Waals surface area contributed by atoms with Crippen LogP contribution >= 0.6 is 0 Å². The van der Waals surface area contributed by atoms with Crippen molar-refractivity contribution < 1.29 is 24.5 Å². The molecule has 0 bridgehead atoms. The third kappa shape index (κ3) is 6.86. The predicted octanol–water partition coefficient (Wildman–Crippen LogP) is 2.95. The fourth-order valence-corrected chi connectivity index (χ4v) is 4.27. The number of nitrogens with zero attached hydrogens (tertiary/aromatic N) is 2. The van der Waals surface area contributed by atoms with Gasteiger partial charge in [-0.1, -0.05) is 72.8 Å². The lowest BCUT2D eigenvalue weighted by Crippen LogP contribution is -2.39. The lowest BCUT2D eigenvalue weighted by molar-refractivity contribution is -0.108. The van der Waals surface area contributed by atoms with Gasteiger partial charge in [0.25, 0.3) is 0 Å². The molecule has 1 amide bonds. The van der Waals surface area contributed by atoms with Gasteiger partial charge in [0.1, 0.15) is 23.2 Å². The van der Waals surface area contributed by atoms with Gasteiger partial charge >= 0.3 is 0 Å². The summed E-state index contributed by atoms with van der Waals surface area (Å²) in [4.78, 5) is 18.5. The maximum absolute atomic E-state index is 11.6. The summed E-state index contributed by atoms with van der Waals surface area (Å²) in [6.45, 7) is -0.0991. The molecule has 0 aliphatic heterocycles. The number of ether oxygens (including phenoxy) is 2. The van der Waals surface area contributed by atoms with Crippen LogP contribution in [0.3, 0.4) is 0 Å². The number of carbonyl (C=O) groups is 1. The number of aliphatic hydroxyl groups is 2. The highest BCUT2D eigenvalue weighted by Crippen LogP contribution is 2.41. The number of benzene rings is 3. The molecule has 200 valence electrons. The Kier molecular flexibility index (Phi) is 10.6. The molecule has 0 aliphatic carbocycles. The van der Waals surface area contributed by atoms with Crippen LogP contribution in [0, 0.1) is 0 Å². The van der Waals surface area contributed by atoms with Crippen LogP contribution in [0.25, 0.3) is 0 Å². The monoisotopic (exact) mass is 517 g/mol. The summed E-state index contributed by atoms with van der Waals surface area (Å²) in [5.74, 6) is 1.03. The van der Waals surface area contributed by atoms with Crippen molar-refractivity contribution in [3.8, 4) is 5.75 Å². The Hall–Kier alpha value is -3.98. The van der Waals surface area contributed by atoms with Crippen molar-refractivity contribution in [1.29, 1.82) is 0 Å². The van der Waals surface area contributed by atoms with Gasteiger partial charge in [-0.3, -0.25) is 4.79 Å². The van der Waals surface area contributed by atoms with Gasteiger partial charge in [0, 0.05) is 26.9 Å². The van der Waals surface area contributed by atoms with Gasteiger partial charge in [0.2, 0.25) is 6.41 Å². The number of aliphatic imine (C=N–C) groups is 1. The molecule has 8 nitrogen and oxygen atoms in total. The molecule has 0 heterocycles. The Morgan fingerprint density at radius 1 is 0.974 bits per heavy atom. The summed E-state index contributed by atoms with van der Waals surface area (Å²) in [5.41, 5.74) is 1.69. The van der Waals surface area contributed by atoms with Crippen molar-refractivity contribution in [3.05, 3.63) is 114 Å². The quantitative estimate of drug-likeness (QED) is 0.139. The van der Waals surface area contributed by atoms with E-state index in [-0.39, 0.29) is 13.2 Å². The van der Waals surface area contributed by atoms with E-state index in [1.165, 1.54) is 7.11 Å². The van der Waals surface area contributed by atoms with Crippen molar-refractivity contribution in [2.24, 2.45) is 4.99 Å². The van der Waals surface area contributed by atoms with E-state index in [1.54, 1.807) is 31.3 Å². The molecule has 0 saturated heterocycles. The second-order valence-corrected chi connectivity index (χ2v) is 8.71. The predicted molar refractivity (Wildman–Crippen MR) is 148 cm³/mol. The van der Waals surface area contributed by atoms with E-state index in [4.69, 9.17) is 14.5 Å². The number of hydrogen-bond donors (Lipinski definition) is 3. The van der Waals surface area contributed by atoms with E-state index in [9.17, 15) is 15.0 Å². The highest BCUT2D eigenvalue weighted by atomic mass is 16.5. The van der Waals surface area contributed by atoms with E-state index >= 15 is 0 Å². The summed E-state index contributed by atoms with van der Waals surface area (Å²) in [6, 6.07) is 27.4. The van der Waals surface area contributed by atoms with Crippen LogP contribution in [-0.2, 0) is 15.1 Å². The van der Waals surface area contributed by atoms with Gasteiger partial charge in [-0.2, -0.15) is 0 Å². The highest BCUT2D eigenvalue weighted by Gasteiger charge is 2.36. The van der Waals surface area contributed by atoms with E-state index in [1.807, 2.05) is 84.9 Å². The topological polar surface area (TPSA) is 104 Å². The zero-order valence-corrected chi connectivity index (χ0v) is 21.9. The summed E-state index contributed by atoms with van der Waals surface area (Å²) in [6.07, 6.45) is 2.35. The summed E-state index contributed by atoms with van der Waals surface area (Å²) >= 11 is 0. The van der Waals surface area contributed by atoms with Crippen LogP contribution < -0.4 is 10.1 Å². The molecule has 3 rings (SSSR count). The van der Waals surface area contributed by atoms with Gasteiger partial charge in [0.15, 0.2) is 0 Å². The van der Waals surface area contributed by atoms with Gasteiger partial charge in [0.05, 0.1) is 19.8 Å². The van der Waals surface area contributed by atoms with Gasteiger partial charge in [-0.25, -0.2) is 4.99 Å². The molecular weight excluding hydrogens is 482 g/mol. The third-order valence-electron chi connectivity index (χ3n) is 6.26. The molecule has 0 fully saturated rings. The second kappa shape index (κ2) is 14.1. The van der Waals surface area contributed by atoms with Crippen molar-refractivity contribution in [2.45, 2.75) is 17.7 Å². The molecule has 0 spiro atoms. The molecule has 8 heteroatoms. The largest absolute Gasteiger partial charge is 0.497 e. The van der Waals surface area contributed by atoms with Crippen molar-refractivity contribution in [1.82, 2.24) is 10.2 Å². The maximum atomic E-state index is 11.6. The number of carbonyl (C=O) groups excluding carboxylic acids is 1. The average Bonchev–Trinajstić information content (AvgIpc) is 2.96. The fourth-order valence-electron chi connectivity index (χ4n) is 4.27. The number of amides is 1. The molecule has 38 heavy (non-hydrogen) atoms. The molecule has 0 saturated carbocycles. The molecule has 2 atom stereocenters. The van der Waals surface area contributed by atoms with Crippen molar-refractivity contribution in [2.75, 3.05) is 34.4 Å². The molecule has 3 aromatic rings. The summed E-state index contributed by atoms with van der Waals surface area (Å²) in [7, 11) is 4.83. The van der Waals surface area contributed by atoms with E-state index < -0.39 is 17.7 Å². The number of methoxy groups -OCH3 is 2. The van der Waals surface area contributed by atoms with Crippen LogP contribution in [0.1, 0.15) is 16.7 Å². The minimum Gasteiger partial charge on any atom is -0.497 e. The number of likely N-dealkylation sites (N-methyl/N-ethyl adjacent to an activating group) is 1. The van der Waals surface area contributed by atoms with Gasteiger partial charge in [-0.15, -0.1) is 0 Å². The average molecular weight is 518 g/mol. The first kappa shape index (κ1) is 28.6. The smallest absolute Gasteiger partial charge is 0.212 e. The Balaban J connectivity index is 2.15. The molecular formula is C30H35N3O5. The Morgan fingerprint density at radius 2 is 1.53 bits per heavy atom. The standard InChI is InChI=1S/C30H35N3O5/c1-33(20-27(36)28(21-34)38-3)19-18-29(31-22-35)32-30(23-10-6-4-7-11-23,24-12-8-5-9-13-24)25-14-16-26(37-2)17-15-25/h4-19,22,27-28,34,36H,20-21H2,1-3H3,(H,31,32,35)/b19-18-/t27-,28?/m0/s1. The number of aliphatic hydroxyl groups excluding tert-OH is 2. The lowest BCUT2D eigenvalue weighted by atomic mass is 9.77. The Bertz CT molecular complexity index is 1140. The first-order valence-corrected chi connectivity index (χ1v) is 12.2. The molecule has 0 aromatic heterocycles. The minimum atomic E-state index is -0.999. The fraction of sp³-hybridized carbons (Fsp3) is 0.267. The zero-order chi connectivity index (χ0) is 27.4. The van der Waals surface area contributed by atoms with Crippen molar-refractivity contribution >= 4 is 12.2 Å². The molecule has 0 aliphatic rings. The highest BCUT2D eigenvalue weighted by molar-refractivity contribution is 5.99. The van der Waals surface area contributed by atoms with Crippen LogP contribution in [-0.4, -0.2) is 74.0 Å². The number of hydrogen-bond acceptors (Lipinski definition) is 7. The lowest BCUT2D eigenvalue weighted by Gasteiger charge is -2.33. The Labute approximate surface area is 223 Å². The molecule has 3 N–H and O–H groups in total.